The van der Waals surface area contributed by atoms with Crippen molar-refractivity contribution in [3.05, 3.63) is 17.7 Å². The number of methoxy groups -OCH3 is 2. The predicted molar refractivity (Wildman–Crippen MR) is 67.7 cm³/mol. The third kappa shape index (κ3) is 3.12. The molecule has 17 heavy (non-hydrogen) atoms. The average molecular weight is 237 g/mol. The maximum Gasteiger partial charge on any atom is 0.165 e. The number of ether oxygens (including phenoxy) is 2. The highest BCUT2D eigenvalue weighted by atomic mass is 16.5. The number of ketones is 1. The summed E-state index contributed by atoms with van der Waals surface area (Å²) in [7, 11) is 3.07. The second-order valence-electron chi connectivity index (χ2n) is 4.32. The van der Waals surface area contributed by atoms with Gasteiger partial charge in [0.25, 0.3) is 0 Å². The van der Waals surface area contributed by atoms with Gasteiger partial charge in [-0.1, -0.05) is 13.8 Å². The molecule has 0 unspecified atom stereocenters. The molecule has 94 valence electrons. The van der Waals surface area contributed by atoms with Crippen molar-refractivity contribution in [1.29, 1.82) is 0 Å². The molecule has 1 rings (SSSR count). The molecule has 0 aromatic heterocycles. The molecule has 0 bridgehead atoms. The Balaban J connectivity index is 3.12. The van der Waals surface area contributed by atoms with Crippen LogP contribution in [0.15, 0.2) is 12.1 Å². The van der Waals surface area contributed by atoms with E-state index in [1.54, 1.807) is 12.1 Å². The molecule has 4 heteroatoms. The van der Waals surface area contributed by atoms with Gasteiger partial charge in [0, 0.05) is 23.7 Å². The van der Waals surface area contributed by atoms with Crippen molar-refractivity contribution in [3.63, 3.8) is 0 Å². The van der Waals surface area contributed by atoms with Crippen LogP contribution in [0.5, 0.6) is 11.5 Å². The summed E-state index contributed by atoms with van der Waals surface area (Å²) in [6.45, 7) is 3.99. The molecular formula is C13H19NO3. The number of nitrogen functional groups attached to an aromatic ring is 1. The molecule has 0 spiro atoms. The van der Waals surface area contributed by atoms with Crippen LogP contribution in [-0.4, -0.2) is 20.0 Å². The minimum Gasteiger partial charge on any atom is -0.493 e. The first-order valence-electron chi connectivity index (χ1n) is 5.54. The highest BCUT2D eigenvalue weighted by Gasteiger charge is 2.15. The van der Waals surface area contributed by atoms with E-state index in [0.717, 1.165) is 0 Å². The number of anilines is 1. The number of carbonyl (C=O) groups is 1. The van der Waals surface area contributed by atoms with Gasteiger partial charge in [0.1, 0.15) is 0 Å². The zero-order valence-corrected chi connectivity index (χ0v) is 10.7. The van der Waals surface area contributed by atoms with Crippen LogP contribution < -0.4 is 15.2 Å². The van der Waals surface area contributed by atoms with Crippen LogP contribution in [-0.2, 0) is 0 Å². The number of carbonyl (C=O) groups excluding carboxylic acids is 1. The number of benzene rings is 1. The van der Waals surface area contributed by atoms with Gasteiger partial charge in [-0.3, -0.25) is 4.79 Å². The second kappa shape index (κ2) is 5.57. The van der Waals surface area contributed by atoms with Crippen molar-refractivity contribution < 1.29 is 14.3 Å². The summed E-state index contributed by atoms with van der Waals surface area (Å²) < 4.78 is 10.3. The maximum atomic E-state index is 12.0. The Morgan fingerprint density at radius 1 is 1.24 bits per heavy atom. The van der Waals surface area contributed by atoms with Crippen LogP contribution in [0, 0.1) is 5.92 Å². The number of hydrogen-bond donors (Lipinski definition) is 1. The van der Waals surface area contributed by atoms with Crippen molar-refractivity contribution >= 4 is 11.5 Å². The Morgan fingerprint density at radius 3 is 2.24 bits per heavy atom. The van der Waals surface area contributed by atoms with Gasteiger partial charge in [-0.15, -0.1) is 0 Å². The van der Waals surface area contributed by atoms with E-state index in [4.69, 9.17) is 15.2 Å². The van der Waals surface area contributed by atoms with Gasteiger partial charge in [0.15, 0.2) is 17.3 Å². The molecule has 4 nitrogen and oxygen atoms in total. The second-order valence-corrected chi connectivity index (χ2v) is 4.32. The van der Waals surface area contributed by atoms with Crippen LogP contribution in [0.3, 0.4) is 0 Å². The van der Waals surface area contributed by atoms with Gasteiger partial charge in [-0.05, 0) is 12.0 Å². The van der Waals surface area contributed by atoms with E-state index in [-0.39, 0.29) is 5.78 Å². The van der Waals surface area contributed by atoms with Crippen molar-refractivity contribution in [1.82, 2.24) is 0 Å². The molecule has 1 aromatic carbocycles. The fourth-order valence-corrected chi connectivity index (χ4v) is 1.62. The van der Waals surface area contributed by atoms with E-state index in [1.165, 1.54) is 14.2 Å². The van der Waals surface area contributed by atoms with Gasteiger partial charge < -0.3 is 15.2 Å². The minimum atomic E-state index is 0.0263. The van der Waals surface area contributed by atoms with Crippen LogP contribution in [0.25, 0.3) is 0 Å². The fourth-order valence-electron chi connectivity index (χ4n) is 1.62. The van der Waals surface area contributed by atoms with Gasteiger partial charge in [-0.2, -0.15) is 0 Å². The van der Waals surface area contributed by atoms with Crippen molar-refractivity contribution in [3.8, 4) is 11.5 Å². The third-order valence-corrected chi connectivity index (χ3v) is 2.45. The summed E-state index contributed by atoms with van der Waals surface area (Å²) >= 11 is 0. The van der Waals surface area contributed by atoms with E-state index >= 15 is 0 Å². The molecule has 0 saturated carbocycles. The molecule has 0 aliphatic carbocycles. The number of nitrogens with two attached hydrogens (primary N) is 1. The lowest BCUT2D eigenvalue weighted by Gasteiger charge is -2.12. The van der Waals surface area contributed by atoms with Gasteiger partial charge in [0.05, 0.1) is 14.2 Å². The minimum absolute atomic E-state index is 0.0263. The zero-order valence-electron chi connectivity index (χ0n) is 10.7. The van der Waals surface area contributed by atoms with E-state index in [1.807, 2.05) is 13.8 Å². The van der Waals surface area contributed by atoms with Gasteiger partial charge in [-0.25, -0.2) is 0 Å². The lowest BCUT2D eigenvalue weighted by Crippen LogP contribution is -2.08. The van der Waals surface area contributed by atoms with Gasteiger partial charge in [0.2, 0.25) is 0 Å². The van der Waals surface area contributed by atoms with Crippen molar-refractivity contribution in [2.75, 3.05) is 20.0 Å². The van der Waals surface area contributed by atoms with Crippen LogP contribution in [0.2, 0.25) is 0 Å². The molecule has 0 amide bonds. The maximum absolute atomic E-state index is 12.0. The van der Waals surface area contributed by atoms with Crippen molar-refractivity contribution in [2.24, 2.45) is 5.92 Å². The van der Waals surface area contributed by atoms with Crippen molar-refractivity contribution in [2.45, 2.75) is 20.3 Å². The normalized spacial score (nSPS) is 10.4. The number of rotatable bonds is 5. The Kier molecular flexibility index (Phi) is 4.37. The summed E-state index contributed by atoms with van der Waals surface area (Å²) in [6, 6.07) is 3.26. The van der Waals surface area contributed by atoms with E-state index in [2.05, 4.69) is 0 Å². The predicted octanol–water partition coefficient (Wildman–Crippen LogP) is 2.51. The van der Waals surface area contributed by atoms with E-state index in [0.29, 0.717) is 35.1 Å². The largest absolute Gasteiger partial charge is 0.493 e. The highest BCUT2D eigenvalue weighted by molar-refractivity contribution is 6.01. The molecule has 0 atom stereocenters. The summed E-state index contributed by atoms with van der Waals surface area (Å²) in [5.74, 6) is 1.38. The molecule has 0 heterocycles. The summed E-state index contributed by atoms with van der Waals surface area (Å²) in [6.07, 6.45) is 0.472. The van der Waals surface area contributed by atoms with E-state index in [9.17, 15) is 4.79 Å². The summed E-state index contributed by atoms with van der Waals surface area (Å²) in [4.78, 5) is 12.0. The highest BCUT2D eigenvalue weighted by Crippen LogP contribution is 2.32. The third-order valence-electron chi connectivity index (χ3n) is 2.45. The molecule has 0 radical (unpaired) electrons. The molecule has 0 saturated heterocycles. The SMILES string of the molecule is COc1cc(N)c(C(=O)CC(C)C)cc1OC. The summed E-state index contributed by atoms with van der Waals surface area (Å²) in [5, 5.41) is 0. The molecule has 0 aliphatic heterocycles. The lowest BCUT2D eigenvalue weighted by atomic mass is 9.99. The van der Waals surface area contributed by atoms with Crippen LogP contribution in [0.4, 0.5) is 5.69 Å². The zero-order chi connectivity index (χ0) is 13.0. The molecule has 0 aliphatic rings. The lowest BCUT2D eigenvalue weighted by molar-refractivity contribution is 0.0968. The Bertz CT molecular complexity index is 413. The standard InChI is InChI=1S/C13H19NO3/c1-8(2)5-11(15)9-6-12(16-3)13(17-4)7-10(9)14/h6-8H,5,14H2,1-4H3. The Morgan fingerprint density at radius 2 is 1.76 bits per heavy atom. The van der Waals surface area contributed by atoms with Crippen LogP contribution >= 0.6 is 0 Å². The fraction of sp³-hybridized carbons (Fsp3) is 0.462. The monoisotopic (exact) mass is 237 g/mol. The molecular weight excluding hydrogens is 218 g/mol. The summed E-state index contributed by atoms with van der Waals surface area (Å²) in [5.41, 5.74) is 6.76. The average Bonchev–Trinajstić information content (AvgIpc) is 2.27. The molecule has 0 fully saturated rings. The molecule has 2 N–H and O–H groups in total. The smallest absolute Gasteiger partial charge is 0.165 e. The quantitative estimate of drug-likeness (QED) is 0.631. The van der Waals surface area contributed by atoms with E-state index < -0.39 is 0 Å². The first-order chi connectivity index (χ1) is 7.99. The number of hydrogen-bond acceptors (Lipinski definition) is 4. The number of Topliss-reactive ketones (excluding diaryl/α,β-unsaturated/α-hetero) is 1. The Hall–Kier alpha value is -1.71. The van der Waals surface area contributed by atoms with Crippen LogP contribution in [0.1, 0.15) is 30.6 Å². The first kappa shape index (κ1) is 13.4. The van der Waals surface area contributed by atoms with Gasteiger partial charge >= 0.3 is 0 Å². The Labute approximate surface area is 102 Å². The first-order valence-corrected chi connectivity index (χ1v) is 5.54. The molecule has 1 aromatic rings. The topological polar surface area (TPSA) is 61.5 Å².